The Hall–Kier alpha value is -4.86. The second kappa shape index (κ2) is 8.84. The second-order valence-corrected chi connectivity index (χ2v) is 10.0. The van der Waals surface area contributed by atoms with Gasteiger partial charge in [-0.2, -0.15) is 0 Å². The van der Waals surface area contributed by atoms with Crippen molar-refractivity contribution in [3.8, 4) is 34.1 Å². The van der Waals surface area contributed by atoms with Gasteiger partial charge in [0.1, 0.15) is 40.8 Å². The first-order valence-electron chi connectivity index (χ1n) is 12.8. The van der Waals surface area contributed by atoms with Gasteiger partial charge >= 0.3 is 11.9 Å². The van der Waals surface area contributed by atoms with Gasteiger partial charge in [-0.05, 0) is 24.1 Å². The molecule has 3 N–H and O–H groups in total. The van der Waals surface area contributed by atoms with Gasteiger partial charge in [-0.1, -0.05) is 25.1 Å². The van der Waals surface area contributed by atoms with E-state index in [1.807, 2.05) is 0 Å². The van der Waals surface area contributed by atoms with Crippen LogP contribution in [0.1, 0.15) is 85.3 Å². The van der Waals surface area contributed by atoms with Gasteiger partial charge in [0.25, 0.3) is 0 Å². The average Bonchev–Trinajstić information content (AvgIpc) is 2.90. The molecule has 10 heteroatoms. The summed E-state index contributed by atoms with van der Waals surface area (Å²) in [5, 5.41) is 33.6. The first-order chi connectivity index (χ1) is 19.1. The van der Waals surface area contributed by atoms with E-state index in [0.29, 0.717) is 17.5 Å². The highest BCUT2D eigenvalue weighted by Crippen LogP contribution is 2.57. The zero-order chi connectivity index (χ0) is 28.6. The lowest BCUT2D eigenvalue weighted by molar-refractivity contribution is -0.149. The third-order valence-corrected chi connectivity index (χ3v) is 7.66. The molecule has 0 saturated carbocycles. The SMILES string of the molecule is CCC(=O)OC1Cc2cc3c(c(O)c2-c2c(O)c4c(c(OC)c21)C(=O)c1c(O)cccc1C4=O)C(=O)OC(C)C3. The van der Waals surface area contributed by atoms with Gasteiger partial charge in [0.2, 0.25) is 5.78 Å². The van der Waals surface area contributed by atoms with Crippen molar-refractivity contribution < 1.29 is 48.7 Å². The lowest BCUT2D eigenvalue weighted by atomic mass is 9.74. The monoisotopic (exact) mass is 544 g/mol. The zero-order valence-electron chi connectivity index (χ0n) is 21.8. The Balaban J connectivity index is 1.73. The number of ketones is 2. The standard InChI is InChI=1S/C30H24O10/c1-4-17(32)40-16-10-13-9-12-8-11(2)39-30(37)19(12)26(34)18(13)22-21(16)29(38-3)24-23(28(22)36)25(33)14-6-5-7-15(31)20(14)27(24)35/h5-7,9,11,16,31,34,36H,4,8,10H2,1-3H3. The van der Waals surface area contributed by atoms with Crippen molar-refractivity contribution in [2.75, 3.05) is 7.11 Å². The van der Waals surface area contributed by atoms with Crippen LogP contribution in [0.5, 0.6) is 23.0 Å². The fraction of sp³-hybridized carbons (Fsp3) is 0.267. The van der Waals surface area contributed by atoms with Crippen LogP contribution in [0.15, 0.2) is 24.3 Å². The highest BCUT2D eigenvalue weighted by Gasteiger charge is 2.45. The molecular weight excluding hydrogens is 520 g/mol. The number of fused-ring (bicyclic) bond motifs is 6. The van der Waals surface area contributed by atoms with Crippen LogP contribution in [0.25, 0.3) is 11.1 Å². The Kier molecular flexibility index (Phi) is 5.62. The summed E-state index contributed by atoms with van der Waals surface area (Å²) in [6.45, 7) is 3.33. The van der Waals surface area contributed by atoms with E-state index < -0.39 is 53.0 Å². The minimum Gasteiger partial charge on any atom is -0.507 e. The van der Waals surface area contributed by atoms with E-state index in [9.17, 15) is 34.5 Å². The average molecular weight is 545 g/mol. The molecule has 3 aromatic carbocycles. The summed E-state index contributed by atoms with van der Waals surface area (Å²) >= 11 is 0. The van der Waals surface area contributed by atoms with Crippen LogP contribution in [-0.2, 0) is 27.1 Å². The molecule has 1 heterocycles. The van der Waals surface area contributed by atoms with Crippen LogP contribution in [-0.4, -0.2) is 52.0 Å². The van der Waals surface area contributed by atoms with Crippen molar-refractivity contribution in [3.05, 3.63) is 68.8 Å². The first-order valence-corrected chi connectivity index (χ1v) is 12.8. The van der Waals surface area contributed by atoms with Crippen molar-refractivity contribution in [1.82, 2.24) is 0 Å². The minimum absolute atomic E-state index is 0.0247. The molecule has 3 aliphatic rings. The van der Waals surface area contributed by atoms with Crippen molar-refractivity contribution in [2.24, 2.45) is 0 Å². The summed E-state index contributed by atoms with van der Waals surface area (Å²) in [5.74, 6) is -4.51. The van der Waals surface area contributed by atoms with Crippen molar-refractivity contribution in [2.45, 2.75) is 45.3 Å². The largest absolute Gasteiger partial charge is 0.507 e. The maximum absolute atomic E-state index is 13.7. The Bertz CT molecular complexity index is 1700. The van der Waals surface area contributed by atoms with Crippen LogP contribution >= 0.6 is 0 Å². The van der Waals surface area contributed by atoms with Crippen LogP contribution < -0.4 is 4.74 Å². The highest BCUT2D eigenvalue weighted by molar-refractivity contribution is 6.32. The number of aromatic hydroxyl groups is 3. The summed E-state index contributed by atoms with van der Waals surface area (Å²) in [4.78, 5) is 52.7. The Morgan fingerprint density at radius 3 is 2.33 bits per heavy atom. The van der Waals surface area contributed by atoms with E-state index in [1.165, 1.54) is 25.3 Å². The van der Waals surface area contributed by atoms with Gasteiger partial charge in [-0.25, -0.2) is 4.79 Å². The molecule has 0 spiro atoms. The number of esters is 2. The Morgan fingerprint density at radius 1 is 0.925 bits per heavy atom. The number of carbonyl (C=O) groups excluding carboxylic acids is 4. The van der Waals surface area contributed by atoms with E-state index in [-0.39, 0.29) is 63.1 Å². The zero-order valence-corrected chi connectivity index (χ0v) is 21.8. The molecule has 40 heavy (non-hydrogen) atoms. The number of phenols is 3. The third-order valence-electron chi connectivity index (χ3n) is 7.66. The number of benzene rings is 3. The smallest absolute Gasteiger partial charge is 0.342 e. The summed E-state index contributed by atoms with van der Waals surface area (Å²) < 4.78 is 16.7. The van der Waals surface area contributed by atoms with Crippen LogP contribution in [0.2, 0.25) is 0 Å². The molecular formula is C30H24O10. The van der Waals surface area contributed by atoms with Gasteiger partial charge in [-0.3, -0.25) is 14.4 Å². The van der Waals surface area contributed by atoms with Gasteiger partial charge < -0.3 is 29.5 Å². The maximum Gasteiger partial charge on any atom is 0.342 e. The number of carbonyl (C=O) groups is 4. The predicted octanol–water partition coefficient (Wildman–Crippen LogP) is 3.91. The van der Waals surface area contributed by atoms with Gasteiger partial charge in [0, 0.05) is 41.5 Å². The lowest BCUT2D eigenvalue weighted by Crippen LogP contribution is -2.28. The van der Waals surface area contributed by atoms with E-state index in [1.54, 1.807) is 19.9 Å². The molecule has 0 bridgehead atoms. The van der Waals surface area contributed by atoms with Crippen LogP contribution in [0.4, 0.5) is 0 Å². The molecule has 2 unspecified atom stereocenters. The number of cyclic esters (lactones) is 1. The molecule has 0 aromatic heterocycles. The minimum atomic E-state index is -1.07. The molecule has 2 aliphatic carbocycles. The topological polar surface area (TPSA) is 157 Å². The molecule has 6 rings (SSSR count). The summed E-state index contributed by atoms with van der Waals surface area (Å²) in [6, 6.07) is 5.72. The second-order valence-electron chi connectivity index (χ2n) is 10.0. The molecule has 0 fully saturated rings. The van der Waals surface area contributed by atoms with Crippen molar-refractivity contribution in [3.63, 3.8) is 0 Å². The first kappa shape index (κ1) is 25.4. The highest BCUT2D eigenvalue weighted by atomic mass is 16.5. The molecule has 2 atom stereocenters. The van der Waals surface area contributed by atoms with E-state index in [2.05, 4.69) is 0 Å². The number of hydrogen-bond acceptors (Lipinski definition) is 10. The Morgan fingerprint density at radius 2 is 1.62 bits per heavy atom. The molecule has 0 amide bonds. The van der Waals surface area contributed by atoms with Gasteiger partial charge in [-0.15, -0.1) is 0 Å². The normalized spacial score (nSPS) is 18.5. The molecule has 1 aliphatic heterocycles. The maximum atomic E-state index is 13.7. The van der Waals surface area contributed by atoms with E-state index in [4.69, 9.17) is 14.2 Å². The van der Waals surface area contributed by atoms with Gasteiger partial charge in [0.05, 0.1) is 23.8 Å². The summed E-state index contributed by atoms with van der Waals surface area (Å²) in [5.41, 5.74) is -0.122. The van der Waals surface area contributed by atoms with E-state index >= 15 is 0 Å². The van der Waals surface area contributed by atoms with Gasteiger partial charge in [0.15, 0.2) is 5.78 Å². The molecule has 204 valence electrons. The summed E-state index contributed by atoms with van der Waals surface area (Å²) in [6.07, 6.45) is -1.10. The quantitative estimate of drug-likeness (QED) is 0.323. The van der Waals surface area contributed by atoms with E-state index in [0.717, 1.165) is 0 Å². The van der Waals surface area contributed by atoms with Crippen LogP contribution in [0.3, 0.4) is 0 Å². The van der Waals surface area contributed by atoms with Crippen LogP contribution in [0, 0.1) is 0 Å². The van der Waals surface area contributed by atoms with Crippen molar-refractivity contribution >= 4 is 23.5 Å². The molecule has 10 nitrogen and oxygen atoms in total. The molecule has 3 aromatic rings. The number of rotatable bonds is 3. The fourth-order valence-electron chi connectivity index (χ4n) is 6.02. The number of phenolic OH excluding ortho intramolecular Hbond substituents is 3. The Labute approximate surface area is 227 Å². The van der Waals surface area contributed by atoms with Crippen molar-refractivity contribution in [1.29, 1.82) is 0 Å². The lowest BCUT2D eigenvalue weighted by Gasteiger charge is -2.34. The molecule has 0 radical (unpaired) electrons. The third kappa shape index (κ3) is 3.35. The number of ether oxygens (including phenoxy) is 3. The molecule has 0 saturated heterocycles. The predicted molar refractivity (Wildman–Crippen MR) is 138 cm³/mol. The number of methoxy groups -OCH3 is 1. The number of hydrogen-bond donors (Lipinski definition) is 3. The summed E-state index contributed by atoms with van der Waals surface area (Å²) in [7, 11) is 1.25. The fourth-order valence-corrected chi connectivity index (χ4v) is 6.02.